The number of nitrogens with one attached hydrogen (secondary N) is 3. The van der Waals surface area contributed by atoms with Crippen LogP contribution in [0.2, 0.25) is 0 Å². The van der Waals surface area contributed by atoms with Gasteiger partial charge in [-0.05, 0) is 78.6 Å². The molecular weight excluding hydrogens is 482 g/mol. The fourth-order valence-electron chi connectivity index (χ4n) is 2.99. The second kappa shape index (κ2) is 17.1. The summed E-state index contributed by atoms with van der Waals surface area (Å²) < 4.78 is 0. The van der Waals surface area contributed by atoms with Crippen LogP contribution >= 0.6 is 0 Å². The van der Waals surface area contributed by atoms with Crippen LogP contribution in [0.3, 0.4) is 0 Å². The van der Waals surface area contributed by atoms with E-state index in [1.54, 1.807) is 0 Å². The van der Waals surface area contributed by atoms with E-state index in [0.29, 0.717) is 18.1 Å². The van der Waals surface area contributed by atoms with Gasteiger partial charge >= 0.3 is 0 Å². The van der Waals surface area contributed by atoms with Crippen LogP contribution in [-0.2, 0) is 31.5 Å². The van der Waals surface area contributed by atoms with Gasteiger partial charge in [-0.3, -0.25) is 14.4 Å². The van der Waals surface area contributed by atoms with Crippen LogP contribution in [-0.4, -0.2) is 50.8 Å². The van der Waals surface area contributed by atoms with E-state index in [4.69, 9.17) is 15.3 Å². The molecule has 10 heteroatoms. The number of ketones is 3. The Balaban J connectivity index is 0.000000473. The molecule has 34 heavy (non-hydrogen) atoms. The summed E-state index contributed by atoms with van der Waals surface area (Å²) in [6.45, 7) is 4.25. The van der Waals surface area contributed by atoms with Crippen molar-refractivity contribution in [1.82, 2.24) is 16.0 Å². The van der Waals surface area contributed by atoms with E-state index in [0.717, 1.165) is 38.5 Å². The molecule has 0 amide bonds. The van der Waals surface area contributed by atoms with Crippen LogP contribution in [0.25, 0.3) is 0 Å². The molecule has 0 saturated heterocycles. The number of hydrogen-bond donors (Lipinski definition) is 6. The van der Waals surface area contributed by atoms with Crippen LogP contribution in [0.1, 0.15) is 78.6 Å². The Morgan fingerprint density at radius 3 is 0.882 bits per heavy atom. The van der Waals surface area contributed by atoms with Crippen molar-refractivity contribution < 1.29 is 46.8 Å². The van der Waals surface area contributed by atoms with Crippen molar-refractivity contribution in [3.63, 3.8) is 0 Å². The summed E-state index contributed by atoms with van der Waals surface area (Å²) in [5.41, 5.74) is 0. The molecule has 0 heterocycles. The predicted octanol–water partition coefficient (Wildman–Crippen LogP) is 3.35. The molecule has 3 aliphatic carbocycles. The molecule has 9 nitrogen and oxygen atoms in total. The van der Waals surface area contributed by atoms with Gasteiger partial charge in [0.1, 0.15) is 0 Å². The van der Waals surface area contributed by atoms with Gasteiger partial charge in [0, 0.05) is 53.4 Å². The van der Waals surface area contributed by atoms with Crippen molar-refractivity contribution in [2.24, 2.45) is 0 Å². The van der Waals surface area contributed by atoms with Crippen molar-refractivity contribution >= 4 is 17.3 Å². The number of carbonyl (C=O) groups is 3. The minimum Gasteiger partial charge on any atom is -0.495 e. The molecule has 0 aliphatic heterocycles. The summed E-state index contributed by atoms with van der Waals surface area (Å²) in [4.78, 5) is 31.4. The molecule has 3 rings (SSSR count). The van der Waals surface area contributed by atoms with Gasteiger partial charge in [0.05, 0.1) is 0 Å². The monoisotopic (exact) mass is 521 g/mol. The molecule has 0 aromatic carbocycles. The Kier molecular flexibility index (Phi) is 15.8. The van der Waals surface area contributed by atoms with Crippen LogP contribution < -0.4 is 16.0 Å². The summed E-state index contributed by atoms with van der Waals surface area (Å²) in [6, 6.07) is 1.14. The van der Waals surface area contributed by atoms with Crippen molar-refractivity contribution in [1.29, 1.82) is 0 Å². The summed E-state index contributed by atoms with van der Waals surface area (Å²) in [5.74, 6) is -0.385. The topological polar surface area (TPSA) is 148 Å². The number of rotatable bonds is 9. The van der Waals surface area contributed by atoms with Crippen molar-refractivity contribution in [2.45, 2.75) is 96.7 Å². The van der Waals surface area contributed by atoms with Gasteiger partial charge in [-0.15, -0.1) is 0 Å². The molecule has 3 fully saturated rings. The van der Waals surface area contributed by atoms with Gasteiger partial charge in [0.2, 0.25) is 0 Å². The molecule has 0 atom stereocenters. The molecule has 6 N–H and O–H groups in total. The second-order valence-corrected chi connectivity index (χ2v) is 8.74. The first-order chi connectivity index (χ1) is 15.5. The third-order valence-electron chi connectivity index (χ3n) is 5.39. The summed E-state index contributed by atoms with van der Waals surface area (Å²) in [6.07, 6.45) is 13.8. The maximum Gasteiger partial charge on any atom is 0.187 e. The Morgan fingerprint density at radius 1 is 0.559 bits per heavy atom. The molecule has 0 unspecified atom stereocenters. The van der Waals surface area contributed by atoms with E-state index in [1.165, 1.54) is 58.3 Å². The average molecular weight is 521 g/mol. The zero-order valence-electron chi connectivity index (χ0n) is 20.2. The van der Waals surface area contributed by atoms with Crippen LogP contribution in [0.4, 0.5) is 0 Å². The van der Waals surface area contributed by atoms with Gasteiger partial charge in [-0.2, -0.15) is 0 Å². The van der Waals surface area contributed by atoms with Crippen molar-refractivity contribution in [3.05, 3.63) is 35.9 Å². The smallest absolute Gasteiger partial charge is 0.187 e. The Bertz CT molecular complexity index is 654. The first-order valence-electron chi connectivity index (χ1n) is 11.6. The third-order valence-corrected chi connectivity index (χ3v) is 5.39. The normalized spacial score (nSPS) is 18.6. The van der Waals surface area contributed by atoms with Gasteiger partial charge in [-0.1, -0.05) is 0 Å². The second-order valence-electron chi connectivity index (χ2n) is 8.74. The van der Waals surface area contributed by atoms with Crippen molar-refractivity contribution in [3.8, 4) is 0 Å². The zero-order valence-corrected chi connectivity index (χ0v) is 21.4. The van der Waals surface area contributed by atoms with E-state index in [9.17, 15) is 14.4 Å². The Labute approximate surface area is 212 Å². The van der Waals surface area contributed by atoms with E-state index < -0.39 is 0 Å². The summed E-state index contributed by atoms with van der Waals surface area (Å²) in [7, 11) is 0. The number of aliphatic hydroxyl groups excluding tert-OH is 3. The molecule has 3 aliphatic rings. The van der Waals surface area contributed by atoms with E-state index in [2.05, 4.69) is 16.0 Å². The standard InChI is InChI=1S/3C8H13NO2.Fe/c3*1-6(10)5-8(11)9-7-3-2-4-7;/h3*5,7,9,11H,2-4H2,1H3;. The molecule has 0 aromatic heterocycles. The van der Waals surface area contributed by atoms with E-state index in [1.807, 2.05) is 0 Å². The summed E-state index contributed by atoms with van der Waals surface area (Å²) in [5, 5.41) is 35.8. The maximum atomic E-state index is 10.5. The van der Waals surface area contributed by atoms with Gasteiger partial charge in [-0.25, -0.2) is 0 Å². The summed E-state index contributed by atoms with van der Waals surface area (Å²) >= 11 is 0. The van der Waals surface area contributed by atoms with Crippen molar-refractivity contribution in [2.75, 3.05) is 0 Å². The zero-order chi connectivity index (χ0) is 24.8. The molecular formula is C24H39FeN3O6. The van der Waals surface area contributed by atoms with Crippen LogP contribution in [0, 0.1) is 0 Å². The van der Waals surface area contributed by atoms with Gasteiger partial charge in [0.25, 0.3) is 0 Å². The third kappa shape index (κ3) is 15.4. The average Bonchev–Trinajstić information content (AvgIpc) is 2.57. The number of hydrogen-bond acceptors (Lipinski definition) is 9. The van der Waals surface area contributed by atoms with Gasteiger partial charge < -0.3 is 31.3 Å². The largest absolute Gasteiger partial charge is 0.495 e. The number of allylic oxidation sites excluding steroid dienone is 3. The van der Waals surface area contributed by atoms with E-state index >= 15 is 0 Å². The van der Waals surface area contributed by atoms with E-state index in [-0.39, 0.29) is 52.1 Å². The molecule has 3 saturated carbocycles. The molecule has 0 spiro atoms. The number of carbonyl (C=O) groups excluding carboxylic acids is 3. The minimum atomic E-state index is -0.130. The first kappa shape index (κ1) is 31.5. The number of aliphatic hydroxyl groups is 3. The first-order valence-corrected chi connectivity index (χ1v) is 11.6. The Morgan fingerprint density at radius 2 is 0.765 bits per heavy atom. The fourth-order valence-corrected chi connectivity index (χ4v) is 2.99. The molecule has 194 valence electrons. The quantitative estimate of drug-likeness (QED) is 0.153. The van der Waals surface area contributed by atoms with Crippen LogP contribution in [0.5, 0.6) is 0 Å². The molecule has 0 bridgehead atoms. The van der Waals surface area contributed by atoms with Crippen LogP contribution in [0.15, 0.2) is 35.9 Å². The molecule has 0 radical (unpaired) electrons. The Hall–Kier alpha value is -2.45. The molecule has 0 aromatic rings. The SMILES string of the molecule is CC(=O)C=C(O)NC1CCC1.CC(=O)C=C(O)NC1CCC1.CC(=O)C=C(O)NC1CCC1.[Fe]. The maximum absolute atomic E-state index is 10.5. The van der Waals surface area contributed by atoms with Gasteiger partial charge in [0.15, 0.2) is 35.0 Å². The minimum absolute atomic E-state index is 0. The predicted molar refractivity (Wildman–Crippen MR) is 127 cm³/mol. The fraction of sp³-hybridized carbons (Fsp3) is 0.625.